The Hall–Kier alpha value is -3.68. The summed E-state index contributed by atoms with van der Waals surface area (Å²) in [6, 6.07) is 17.4. The number of nitrogens with zero attached hydrogens (tertiary/aromatic N) is 2. The third-order valence-corrected chi connectivity index (χ3v) is 6.59. The first-order chi connectivity index (χ1) is 17.7. The second-order valence-corrected chi connectivity index (χ2v) is 10.5. The van der Waals surface area contributed by atoms with Gasteiger partial charge in [0.25, 0.3) is 5.91 Å². The number of benzene rings is 2. The molecule has 1 amide bonds. The zero-order valence-electron chi connectivity index (χ0n) is 21.1. The number of nitrogens with one attached hydrogen (secondary N) is 2. The highest BCUT2D eigenvalue weighted by Crippen LogP contribution is 2.37. The molecule has 1 aliphatic heterocycles. The van der Waals surface area contributed by atoms with Gasteiger partial charge in [0.2, 0.25) is 0 Å². The standard InChI is InChI=1S/C29H29ClN4O3/c1-29(2,3)37-28(36)34-24-10-7-18(16-31-13-11-20-6-4-5-12-32-20)14-19(24)15-25(34)21-8-9-23(30)22-17-33-27(35)26(21)22/h4-10,12,14-15,31H,11,13,16-17H2,1-3H3,(H,33,35). The van der Waals surface area contributed by atoms with Crippen molar-refractivity contribution >= 4 is 34.5 Å². The average Bonchev–Trinajstić information content (AvgIpc) is 3.43. The fraction of sp³-hybridized carbons (Fsp3) is 0.276. The van der Waals surface area contributed by atoms with Crippen molar-refractivity contribution in [3.63, 3.8) is 0 Å². The van der Waals surface area contributed by atoms with E-state index in [1.54, 1.807) is 22.9 Å². The molecule has 5 rings (SSSR count). The highest BCUT2D eigenvalue weighted by molar-refractivity contribution is 6.32. The normalized spacial score (nSPS) is 13.0. The Labute approximate surface area is 220 Å². The third-order valence-electron chi connectivity index (χ3n) is 6.24. The molecule has 1 aliphatic rings. The van der Waals surface area contributed by atoms with E-state index in [2.05, 4.69) is 21.7 Å². The fourth-order valence-corrected chi connectivity index (χ4v) is 4.82. The minimum atomic E-state index is -0.679. The van der Waals surface area contributed by atoms with Crippen LogP contribution in [0.1, 0.15) is 48.0 Å². The van der Waals surface area contributed by atoms with Gasteiger partial charge >= 0.3 is 6.09 Å². The number of hydrogen-bond donors (Lipinski definition) is 2. The predicted molar refractivity (Wildman–Crippen MR) is 145 cm³/mol. The van der Waals surface area contributed by atoms with Crippen LogP contribution in [0, 0.1) is 0 Å². The maximum absolute atomic E-state index is 13.4. The van der Waals surface area contributed by atoms with Crippen molar-refractivity contribution in [2.45, 2.75) is 45.9 Å². The number of amides is 1. The molecule has 2 N–H and O–H groups in total. The number of aromatic nitrogens is 2. The first kappa shape index (κ1) is 25.0. The summed E-state index contributed by atoms with van der Waals surface area (Å²) in [7, 11) is 0. The summed E-state index contributed by atoms with van der Waals surface area (Å²) < 4.78 is 7.30. The van der Waals surface area contributed by atoms with Crippen LogP contribution in [0.2, 0.25) is 5.02 Å². The van der Waals surface area contributed by atoms with Crippen LogP contribution in [0.5, 0.6) is 0 Å². The Balaban J connectivity index is 1.50. The van der Waals surface area contributed by atoms with Crippen molar-refractivity contribution in [2.75, 3.05) is 6.54 Å². The van der Waals surface area contributed by atoms with Crippen LogP contribution in [0.15, 0.2) is 60.8 Å². The van der Waals surface area contributed by atoms with E-state index in [9.17, 15) is 9.59 Å². The summed E-state index contributed by atoms with van der Waals surface area (Å²) in [6.07, 6.45) is 2.14. The predicted octanol–water partition coefficient (Wildman–Crippen LogP) is 5.72. The molecule has 37 heavy (non-hydrogen) atoms. The number of pyridine rings is 1. The van der Waals surface area contributed by atoms with Crippen LogP contribution < -0.4 is 10.6 Å². The van der Waals surface area contributed by atoms with Gasteiger partial charge in [0.1, 0.15) is 5.60 Å². The molecule has 7 nitrogen and oxygen atoms in total. The highest BCUT2D eigenvalue weighted by atomic mass is 35.5. The topological polar surface area (TPSA) is 85.2 Å². The van der Waals surface area contributed by atoms with Gasteiger partial charge in [0.15, 0.2) is 0 Å². The van der Waals surface area contributed by atoms with Gasteiger partial charge in [-0.25, -0.2) is 9.36 Å². The van der Waals surface area contributed by atoms with Crippen molar-refractivity contribution in [2.24, 2.45) is 0 Å². The lowest BCUT2D eigenvalue weighted by Gasteiger charge is -2.21. The minimum absolute atomic E-state index is 0.203. The summed E-state index contributed by atoms with van der Waals surface area (Å²) in [5.74, 6) is -0.203. The summed E-state index contributed by atoms with van der Waals surface area (Å²) >= 11 is 6.38. The van der Waals surface area contributed by atoms with Crippen molar-refractivity contribution in [1.82, 2.24) is 20.2 Å². The maximum Gasteiger partial charge on any atom is 0.419 e. The van der Waals surface area contributed by atoms with Crippen LogP contribution in [0.4, 0.5) is 4.79 Å². The molecule has 0 unspecified atom stereocenters. The lowest BCUT2D eigenvalue weighted by Crippen LogP contribution is -2.27. The third kappa shape index (κ3) is 5.24. The Kier molecular flexibility index (Phi) is 6.75. The first-order valence-electron chi connectivity index (χ1n) is 12.3. The van der Waals surface area contributed by atoms with Crippen molar-refractivity contribution in [1.29, 1.82) is 0 Å². The molecule has 0 spiro atoms. The summed E-state index contributed by atoms with van der Waals surface area (Å²) in [4.78, 5) is 30.5. The van der Waals surface area contributed by atoms with Crippen molar-refractivity contribution in [3.05, 3.63) is 88.2 Å². The van der Waals surface area contributed by atoms with Crippen LogP contribution >= 0.6 is 11.6 Å². The van der Waals surface area contributed by atoms with Crippen LogP contribution in [-0.4, -0.2) is 33.7 Å². The molecular weight excluding hydrogens is 488 g/mol. The Morgan fingerprint density at radius 3 is 2.76 bits per heavy atom. The van der Waals surface area contributed by atoms with Crippen molar-refractivity contribution in [3.8, 4) is 11.3 Å². The molecule has 0 aliphatic carbocycles. The van der Waals surface area contributed by atoms with Gasteiger partial charge < -0.3 is 15.4 Å². The van der Waals surface area contributed by atoms with Gasteiger partial charge in [-0.1, -0.05) is 29.8 Å². The molecule has 190 valence electrons. The summed E-state index contributed by atoms with van der Waals surface area (Å²) in [5.41, 5.74) is 4.63. The lowest BCUT2D eigenvalue weighted by atomic mass is 10.00. The highest BCUT2D eigenvalue weighted by Gasteiger charge is 2.29. The maximum atomic E-state index is 13.4. The first-order valence-corrected chi connectivity index (χ1v) is 12.7. The van der Waals surface area contributed by atoms with E-state index < -0.39 is 11.7 Å². The number of carbonyl (C=O) groups excluding carboxylic acids is 2. The quantitative estimate of drug-likeness (QED) is 0.320. The molecule has 2 aromatic carbocycles. The summed E-state index contributed by atoms with van der Waals surface area (Å²) in [6.45, 7) is 7.33. The fourth-order valence-electron chi connectivity index (χ4n) is 4.60. The Morgan fingerprint density at radius 1 is 1.16 bits per heavy atom. The van der Waals surface area contributed by atoms with Gasteiger partial charge in [-0.15, -0.1) is 0 Å². The monoisotopic (exact) mass is 516 g/mol. The zero-order valence-corrected chi connectivity index (χ0v) is 21.9. The van der Waals surface area contributed by atoms with E-state index in [1.807, 2.05) is 57.2 Å². The lowest BCUT2D eigenvalue weighted by molar-refractivity contribution is 0.0547. The van der Waals surface area contributed by atoms with E-state index >= 15 is 0 Å². The van der Waals surface area contributed by atoms with Gasteiger partial charge in [-0.05, 0) is 62.7 Å². The molecule has 0 radical (unpaired) electrons. The molecule has 0 bridgehead atoms. The van der Waals surface area contributed by atoms with Gasteiger partial charge in [-0.2, -0.15) is 0 Å². The molecule has 0 fully saturated rings. The molecule has 0 saturated carbocycles. The Morgan fingerprint density at radius 2 is 2.00 bits per heavy atom. The van der Waals surface area contributed by atoms with Gasteiger partial charge in [-0.3, -0.25) is 9.78 Å². The second-order valence-electron chi connectivity index (χ2n) is 10.1. The van der Waals surface area contributed by atoms with E-state index in [0.29, 0.717) is 40.4 Å². The number of hydrogen-bond acceptors (Lipinski definition) is 5. The Bertz CT molecular complexity index is 1490. The van der Waals surface area contributed by atoms with E-state index in [-0.39, 0.29) is 5.91 Å². The minimum Gasteiger partial charge on any atom is -0.443 e. The zero-order chi connectivity index (χ0) is 26.2. The molecule has 0 saturated heterocycles. The second kappa shape index (κ2) is 10.00. The molecular formula is C29H29ClN4O3. The van der Waals surface area contributed by atoms with E-state index in [1.165, 1.54) is 0 Å². The molecule has 8 heteroatoms. The number of fused-ring (bicyclic) bond motifs is 2. The van der Waals surface area contributed by atoms with E-state index in [0.717, 1.165) is 35.2 Å². The number of halogens is 1. The SMILES string of the molecule is CC(C)(C)OC(=O)n1c(-c2ccc(Cl)c3c2C(=O)NC3)cc2cc(CNCCc3ccccn3)ccc21. The van der Waals surface area contributed by atoms with Crippen LogP contribution in [0.25, 0.3) is 22.2 Å². The van der Waals surface area contributed by atoms with Crippen LogP contribution in [-0.2, 0) is 24.2 Å². The molecule has 0 atom stereocenters. The number of rotatable bonds is 6. The smallest absolute Gasteiger partial charge is 0.419 e. The molecule has 4 aromatic rings. The average molecular weight is 517 g/mol. The number of carbonyl (C=O) groups is 2. The molecule has 3 heterocycles. The number of ether oxygens (including phenoxy) is 1. The molecule has 2 aromatic heterocycles. The van der Waals surface area contributed by atoms with E-state index in [4.69, 9.17) is 16.3 Å². The summed E-state index contributed by atoms with van der Waals surface area (Å²) in [5, 5.41) is 7.71. The largest absolute Gasteiger partial charge is 0.443 e. The van der Waals surface area contributed by atoms with Gasteiger partial charge in [0.05, 0.1) is 16.8 Å². The van der Waals surface area contributed by atoms with Crippen LogP contribution in [0.3, 0.4) is 0 Å². The van der Waals surface area contributed by atoms with Crippen molar-refractivity contribution < 1.29 is 14.3 Å². The van der Waals surface area contributed by atoms with Gasteiger partial charge in [0, 0.05) is 59.5 Å².